The number of hydrogen-bond acceptors (Lipinski definition) is 5. The van der Waals surface area contributed by atoms with Crippen molar-refractivity contribution >= 4 is 39.0 Å². The zero-order valence-electron chi connectivity index (χ0n) is 12.1. The van der Waals surface area contributed by atoms with E-state index in [4.69, 9.17) is 16.3 Å². The first kappa shape index (κ1) is 17.7. The maximum absolute atomic E-state index is 12.9. The number of sulfone groups is 1. The van der Waals surface area contributed by atoms with E-state index in [0.29, 0.717) is 6.42 Å². The van der Waals surface area contributed by atoms with Crippen LogP contribution in [0.1, 0.15) is 12.8 Å². The second-order valence-corrected chi connectivity index (χ2v) is 7.94. The zero-order valence-corrected chi connectivity index (χ0v) is 13.6. The molecule has 1 aromatic rings. The van der Waals surface area contributed by atoms with Gasteiger partial charge in [0.1, 0.15) is 5.82 Å². The number of amides is 1. The molecule has 126 valence electrons. The van der Waals surface area contributed by atoms with E-state index in [1.54, 1.807) is 0 Å². The Balaban J connectivity index is 1.77. The van der Waals surface area contributed by atoms with Crippen molar-refractivity contribution in [1.82, 2.24) is 0 Å². The van der Waals surface area contributed by atoms with Crippen LogP contribution in [0.2, 0.25) is 5.02 Å². The molecule has 1 heterocycles. The molecule has 1 N–H and O–H groups in total. The lowest BCUT2D eigenvalue weighted by Gasteiger charge is -2.09. The molecule has 1 atom stereocenters. The Kier molecular flexibility index (Phi) is 5.59. The molecule has 1 fully saturated rings. The van der Waals surface area contributed by atoms with Gasteiger partial charge in [0, 0.05) is 6.42 Å². The number of esters is 1. The molecule has 0 bridgehead atoms. The van der Waals surface area contributed by atoms with Crippen LogP contribution in [0.25, 0.3) is 0 Å². The average Bonchev–Trinajstić information content (AvgIpc) is 2.79. The molecule has 1 aliphatic rings. The fourth-order valence-corrected chi connectivity index (χ4v) is 4.33. The van der Waals surface area contributed by atoms with Crippen molar-refractivity contribution in [2.75, 3.05) is 23.4 Å². The smallest absolute Gasteiger partial charge is 0.306 e. The van der Waals surface area contributed by atoms with Crippen molar-refractivity contribution in [2.24, 2.45) is 5.92 Å². The van der Waals surface area contributed by atoms with Crippen LogP contribution in [0.4, 0.5) is 10.1 Å². The van der Waals surface area contributed by atoms with Gasteiger partial charge in [-0.1, -0.05) is 11.6 Å². The summed E-state index contributed by atoms with van der Waals surface area (Å²) in [4.78, 5) is 23.3. The molecule has 0 radical (unpaired) electrons. The summed E-state index contributed by atoms with van der Waals surface area (Å²) in [6, 6.07) is 3.47. The largest absolute Gasteiger partial charge is 0.456 e. The van der Waals surface area contributed by atoms with Crippen LogP contribution in [0.5, 0.6) is 0 Å². The van der Waals surface area contributed by atoms with Gasteiger partial charge < -0.3 is 10.1 Å². The van der Waals surface area contributed by atoms with Crippen molar-refractivity contribution in [2.45, 2.75) is 12.8 Å². The highest BCUT2D eigenvalue weighted by molar-refractivity contribution is 7.91. The monoisotopic (exact) mass is 363 g/mol. The van der Waals surface area contributed by atoms with Crippen LogP contribution in [-0.4, -0.2) is 38.4 Å². The Bertz CT molecular complexity index is 722. The highest BCUT2D eigenvalue weighted by Crippen LogP contribution is 2.23. The predicted molar refractivity (Wildman–Crippen MR) is 82.4 cm³/mol. The molecule has 0 unspecified atom stereocenters. The maximum atomic E-state index is 12.9. The van der Waals surface area contributed by atoms with E-state index in [0.717, 1.165) is 12.1 Å². The van der Waals surface area contributed by atoms with Gasteiger partial charge in [0.05, 0.1) is 22.2 Å². The molecule has 0 aromatic heterocycles. The summed E-state index contributed by atoms with van der Waals surface area (Å²) in [5, 5.41) is 2.42. The van der Waals surface area contributed by atoms with Crippen molar-refractivity contribution in [3.8, 4) is 0 Å². The van der Waals surface area contributed by atoms with Gasteiger partial charge in [-0.15, -0.1) is 0 Å². The Hall–Kier alpha value is -1.67. The number of benzene rings is 1. The molecule has 1 aliphatic heterocycles. The summed E-state index contributed by atoms with van der Waals surface area (Å²) < 4.78 is 40.3. The zero-order chi connectivity index (χ0) is 17.0. The normalized spacial score (nSPS) is 19.3. The van der Waals surface area contributed by atoms with Crippen molar-refractivity contribution in [3.63, 3.8) is 0 Å². The summed E-state index contributed by atoms with van der Waals surface area (Å²) in [5.41, 5.74) is 0.205. The van der Waals surface area contributed by atoms with E-state index in [2.05, 4.69) is 5.32 Å². The third-order valence-corrected chi connectivity index (χ3v) is 5.50. The van der Waals surface area contributed by atoms with Crippen molar-refractivity contribution in [3.05, 3.63) is 29.0 Å². The minimum Gasteiger partial charge on any atom is -0.456 e. The molecule has 1 amide bonds. The first-order valence-electron chi connectivity index (χ1n) is 6.86. The molecule has 23 heavy (non-hydrogen) atoms. The Morgan fingerprint density at radius 2 is 2.13 bits per heavy atom. The number of carbonyl (C=O) groups is 2. The molecule has 0 saturated carbocycles. The Labute approximate surface area is 137 Å². The van der Waals surface area contributed by atoms with Crippen molar-refractivity contribution in [1.29, 1.82) is 0 Å². The molecule has 1 saturated heterocycles. The molecule has 6 nitrogen and oxygen atoms in total. The number of rotatable bonds is 5. The number of carbonyl (C=O) groups excluding carboxylic acids is 2. The summed E-state index contributed by atoms with van der Waals surface area (Å²) >= 11 is 5.76. The number of hydrogen-bond donors (Lipinski definition) is 1. The molecule has 0 spiro atoms. The molecule has 2 rings (SSSR count). The minimum absolute atomic E-state index is 0.0283. The fourth-order valence-electron chi connectivity index (χ4n) is 2.25. The summed E-state index contributed by atoms with van der Waals surface area (Å²) in [7, 11) is -3.05. The summed E-state index contributed by atoms with van der Waals surface area (Å²) in [5.74, 6) is -2.00. The number of anilines is 1. The second kappa shape index (κ2) is 7.27. The Morgan fingerprint density at radius 3 is 2.74 bits per heavy atom. The third kappa shape index (κ3) is 5.47. The van der Waals surface area contributed by atoms with Crippen LogP contribution < -0.4 is 5.32 Å². The lowest BCUT2D eigenvalue weighted by atomic mass is 10.1. The lowest BCUT2D eigenvalue weighted by Crippen LogP contribution is -2.22. The van der Waals surface area contributed by atoms with Crippen LogP contribution in [0.3, 0.4) is 0 Å². The molecular weight excluding hydrogens is 349 g/mol. The van der Waals surface area contributed by atoms with E-state index in [-0.39, 0.29) is 34.6 Å². The van der Waals surface area contributed by atoms with E-state index < -0.39 is 34.1 Å². The highest BCUT2D eigenvalue weighted by atomic mass is 35.5. The standard InChI is InChI=1S/C14H15ClFNO5S/c15-11-6-10(16)1-2-12(11)17-13(18)7-22-14(19)5-9-3-4-23(20,21)8-9/h1-2,6,9H,3-5,7-8H2,(H,17,18)/t9-/m0/s1. The lowest BCUT2D eigenvalue weighted by molar-refractivity contribution is -0.148. The number of halogens is 2. The van der Waals surface area contributed by atoms with Gasteiger partial charge in [-0.05, 0) is 30.5 Å². The third-order valence-electron chi connectivity index (χ3n) is 3.35. The van der Waals surface area contributed by atoms with Crippen molar-refractivity contribution < 1.29 is 27.1 Å². The van der Waals surface area contributed by atoms with Gasteiger partial charge in [0.25, 0.3) is 5.91 Å². The molecule has 9 heteroatoms. The van der Waals surface area contributed by atoms with Crippen LogP contribution >= 0.6 is 11.6 Å². The average molecular weight is 364 g/mol. The Morgan fingerprint density at radius 1 is 1.39 bits per heavy atom. The first-order valence-corrected chi connectivity index (χ1v) is 9.06. The maximum Gasteiger partial charge on any atom is 0.306 e. The van der Waals surface area contributed by atoms with Crippen LogP contribution in [0.15, 0.2) is 18.2 Å². The summed E-state index contributed by atoms with van der Waals surface area (Å²) in [6.07, 6.45) is 0.388. The topological polar surface area (TPSA) is 89.5 Å². The molecule has 0 aliphatic carbocycles. The number of ether oxygens (including phenoxy) is 1. The van der Waals surface area contributed by atoms with Gasteiger partial charge in [-0.2, -0.15) is 0 Å². The summed E-state index contributed by atoms with van der Waals surface area (Å²) in [6.45, 7) is -0.522. The van der Waals surface area contributed by atoms with Crippen LogP contribution in [0, 0.1) is 11.7 Å². The van der Waals surface area contributed by atoms with Gasteiger partial charge in [-0.25, -0.2) is 12.8 Å². The van der Waals surface area contributed by atoms with Gasteiger partial charge in [-0.3, -0.25) is 9.59 Å². The van der Waals surface area contributed by atoms with Crippen LogP contribution in [-0.2, 0) is 24.2 Å². The van der Waals surface area contributed by atoms with Gasteiger partial charge >= 0.3 is 5.97 Å². The second-order valence-electron chi connectivity index (χ2n) is 5.31. The van der Waals surface area contributed by atoms with E-state index in [9.17, 15) is 22.4 Å². The van der Waals surface area contributed by atoms with E-state index in [1.807, 2.05) is 0 Å². The van der Waals surface area contributed by atoms with Gasteiger partial charge in [0.2, 0.25) is 0 Å². The van der Waals surface area contributed by atoms with E-state index in [1.165, 1.54) is 6.07 Å². The molecule has 1 aromatic carbocycles. The predicted octanol–water partition coefficient (Wildman–Crippen LogP) is 1.79. The molecular formula is C14H15ClFNO5S. The van der Waals surface area contributed by atoms with E-state index >= 15 is 0 Å². The first-order chi connectivity index (χ1) is 10.7. The quantitative estimate of drug-likeness (QED) is 0.805. The number of nitrogens with one attached hydrogen (secondary N) is 1. The highest BCUT2D eigenvalue weighted by Gasteiger charge is 2.30. The minimum atomic E-state index is -3.05. The fraction of sp³-hybridized carbons (Fsp3) is 0.429. The SMILES string of the molecule is O=C(COC(=O)C[C@@H]1CCS(=O)(=O)C1)Nc1ccc(F)cc1Cl. The van der Waals surface area contributed by atoms with Gasteiger partial charge in [0.15, 0.2) is 16.4 Å².